The molecule has 0 radical (unpaired) electrons. The van der Waals surface area contributed by atoms with Crippen molar-refractivity contribution >= 4 is 33.3 Å². The Hall–Kier alpha value is -1.15. The van der Waals surface area contributed by atoms with Crippen molar-refractivity contribution in [1.82, 2.24) is 15.0 Å². The summed E-state index contributed by atoms with van der Waals surface area (Å²) in [6, 6.07) is -0.174. The maximum atomic E-state index is 11.6. The maximum absolute atomic E-state index is 11.6. The van der Waals surface area contributed by atoms with E-state index in [1.54, 1.807) is 0 Å². The quantitative estimate of drug-likeness (QED) is 0.854. The standard InChI is InChI=1S/C10H16ClN5O2S/c1-2-12-9-14-8(11)15-10(16-9)13-7-4-3-5-19(17,18)6-7/h7H,2-6H2,1H3,(H2,12,13,14,15,16). The van der Waals surface area contributed by atoms with Gasteiger partial charge in [-0.1, -0.05) is 0 Å². The zero-order valence-electron chi connectivity index (χ0n) is 10.6. The smallest absolute Gasteiger partial charge is 0.229 e. The highest BCUT2D eigenvalue weighted by Crippen LogP contribution is 2.17. The second-order valence-electron chi connectivity index (χ2n) is 4.38. The summed E-state index contributed by atoms with van der Waals surface area (Å²) >= 11 is 5.80. The SMILES string of the molecule is CCNc1nc(Cl)nc(NC2CCCS(=O)(=O)C2)n1. The zero-order valence-corrected chi connectivity index (χ0v) is 12.1. The lowest BCUT2D eigenvalue weighted by Crippen LogP contribution is -2.35. The molecule has 0 spiro atoms. The Morgan fingerprint density at radius 3 is 2.74 bits per heavy atom. The lowest BCUT2D eigenvalue weighted by Gasteiger charge is -2.22. The topological polar surface area (TPSA) is 96.9 Å². The van der Waals surface area contributed by atoms with Crippen LogP contribution in [0.3, 0.4) is 0 Å². The van der Waals surface area contributed by atoms with E-state index in [2.05, 4.69) is 25.6 Å². The molecule has 7 nitrogen and oxygen atoms in total. The molecule has 19 heavy (non-hydrogen) atoms. The van der Waals surface area contributed by atoms with Crippen molar-refractivity contribution in [3.8, 4) is 0 Å². The number of anilines is 2. The Kier molecular flexibility index (Phi) is 4.41. The summed E-state index contributed by atoms with van der Waals surface area (Å²) in [6.45, 7) is 2.58. The van der Waals surface area contributed by atoms with Gasteiger partial charge in [-0.2, -0.15) is 15.0 Å². The van der Waals surface area contributed by atoms with Crippen molar-refractivity contribution in [3.05, 3.63) is 5.28 Å². The van der Waals surface area contributed by atoms with Crippen LogP contribution in [0.2, 0.25) is 5.28 Å². The monoisotopic (exact) mass is 305 g/mol. The van der Waals surface area contributed by atoms with Gasteiger partial charge in [0.15, 0.2) is 9.84 Å². The van der Waals surface area contributed by atoms with Crippen molar-refractivity contribution in [3.63, 3.8) is 0 Å². The molecule has 0 aliphatic carbocycles. The molecule has 106 valence electrons. The Bertz CT molecular complexity index is 551. The number of halogens is 1. The van der Waals surface area contributed by atoms with Crippen LogP contribution in [0, 0.1) is 0 Å². The fraction of sp³-hybridized carbons (Fsp3) is 0.700. The van der Waals surface area contributed by atoms with E-state index in [-0.39, 0.29) is 22.8 Å². The van der Waals surface area contributed by atoms with Gasteiger partial charge in [-0.3, -0.25) is 0 Å². The average molecular weight is 306 g/mol. The molecule has 2 N–H and O–H groups in total. The van der Waals surface area contributed by atoms with E-state index in [1.165, 1.54) is 0 Å². The number of nitrogens with zero attached hydrogens (tertiary/aromatic N) is 3. The van der Waals surface area contributed by atoms with E-state index in [4.69, 9.17) is 11.6 Å². The minimum atomic E-state index is -2.96. The van der Waals surface area contributed by atoms with Gasteiger partial charge in [-0.05, 0) is 31.4 Å². The summed E-state index contributed by atoms with van der Waals surface area (Å²) < 4.78 is 23.1. The molecule has 1 aromatic heterocycles. The second kappa shape index (κ2) is 5.87. The number of hydrogen-bond acceptors (Lipinski definition) is 7. The van der Waals surface area contributed by atoms with Crippen LogP contribution >= 0.6 is 11.6 Å². The first-order chi connectivity index (χ1) is 8.98. The predicted octanol–water partition coefficient (Wildman–Crippen LogP) is 0.946. The second-order valence-corrected chi connectivity index (χ2v) is 6.95. The summed E-state index contributed by atoms with van der Waals surface area (Å²) in [6.07, 6.45) is 1.43. The van der Waals surface area contributed by atoms with Gasteiger partial charge in [-0.25, -0.2) is 8.42 Å². The Morgan fingerprint density at radius 1 is 1.32 bits per heavy atom. The van der Waals surface area contributed by atoms with E-state index in [0.717, 1.165) is 6.42 Å². The van der Waals surface area contributed by atoms with Crippen LogP contribution in [0.5, 0.6) is 0 Å². The first-order valence-electron chi connectivity index (χ1n) is 6.11. The Balaban J connectivity index is 2.10. The minimum absolute atomic E-state index is 0.0760. The molecule has 1 atom stereocenters. The normalized spacial score (nSPS) is 21.9. The van der Waals surface area contributed by atoms with Crippen LogP contribution in [-0.4, -0.2) is 47.5 Å². The van der Waals surface area contributed by atoms with Crippen molar-refractivity contribution in [1.29, 1.82) is 0 Å². The molecule has 1 aliphatic rings. The van der Waals surface area contributed by atoms with Crippen molar-refractivity contribution < 1.29 is 8.42 Å². The number of aromatic nitrogens is 3. The highest BCUT2D eigenvalue weighted by atomic mass is 35.5. The van der Waals surface area contributed by atoms with Gasteiger partial charge in [-0.15, -0.1) is 0 Å². The lowest BCUT2D eigenvalue weighted by atomic mass is 10.2. The molecule has 0 bridgehead atoms. The summed E-state index contributed by atoms with van der Waals surface area (Å²) in [7, 11) is -2.96. The molecule has 1 aromatic rings. The molecular weight excluding hydrogens is 290 g/mol. The van der Waals surface area contributed by atoms with Gasteiger partial charge in [0.1, 0.15) is 0 Å². The van der Waals surface area contributed by atoms with E-state index in [9.17, 15) is 8.42 Å². The molecule has 2 heterocycles. The first kappa shape index (κ1) is 14.3. The Morgan fingerprint density at radius 2 is 2.05 bits per heavy atom. The molecule has 2 rings (SSSR count). The molecule has 0 aromatic carbocycles. The molecule has 1 aliphatic heterocycles. The highest BCUT2D eigenvalue weighted by molar-refractivity contribution is 7.91. The largest absolute Gasteiger partial charge is 0.354 e. The van der Waals surface area contributed by atoms with Gasteiger partial charge >= 0.3 is 0 Å². The Labute approximate surface area is 117 Å². The molecule has 9 heteroatoms. The van der Waals surface area contributed by atoms with Crippen molar-refractivity contribution in [2.45, 2.75) is 25.8 Å². The summed E-state index contributed by atoms with van der Waals surface area (Å²) in [5, 5.41) is 6.02. The van der Waals surface area contributed by atoms with Gasteiger partial charge < -0.3 is 10.6 Å². The molecule has 0 saturated carbocycles. The van der Waals surface area contributed by atoms with Crippen molar-refractivity contribution in [2.75, 3.05) is 28.7 Å². The van der Waals surface area contributed by atoms with Crippen molar-refractivity contribution in [2.24, 2.45) is 0 Å². The number of sulfone groups is 1. The van der Waals surface area contributed by atoms with Gasteiger partial charge in [0, 0.05) is 12.6 Å². The van der Waals surface area contributed by atoms with Crippen LogP contribution in [0.25, 0.3) is 0 Å². The fourth-order valence-electron chi connectivity index (χ4n) is 1.97. The number of rotatable bonds is 4. The number of hydrogen-bond donors (Lipinski definition) is 2. The fourth-order valence-corrected chi connectivity index (χ4v) is 3.77. The van der Waals surface area contributed by atoms with Gasteiger partial charge in [0.2, 0.25) is 17.2 Å². The average Bonchev–Trinajstić information content (AvgIpc) is 2.26. The molecule has 1 fully saturated rings. The molecular formula is C10H16ClN5O2S. The maximum Gasteiger partial charge on any atom is 0.229 e. The van der Waals surface area contributed by atoms with Crippen LogP contribution in [0.1, 0.15) is 19.8 Å². The lowest BCUT2D eigenvalue weighted by molar-refractivity contribution is 0.561. The molecule has 1 unspecified atom stereocenters. The summed E-state index contributed by atoms with van der Waals surface area (Å²) in [4.78, 5) is 12.0. The third kappa shape index (κ3) is 4.17. The minimum Gasteiger partial charge on any atom is -0.354 e. The van der Waals surface area contributed by atoms with E-state index >= 15 is 0 Å². The van der Waals surface area contributed by atoms with E-state index in [0.29, 0.717) is 24.9 Å². The highest BCUT2D eigenvalue weighted by Gasteiger charge is 2.25. The van der Waals surface area contributed by atoms with Gasteiger partial charge in [0.05, 0.1) is 11.5 Å². The summed E-state index contributed by atoms with van der Waals surface area (Å²) in [5.41, 5.74) is 0. The van der Waals surface area contributed by atoms with Crippen LogP contribution in [-0.2, 0) is 9.84 Å². The van der Waals surface area contributed by atoms with Crippen LogP contribution < -0.4 is 10.6 Å². The van der Waals surface area contributed by atoms with E-state index < -0.39 is 9.84 Å². The third-order valence-electron chi connectivity index (χ3n) is 2.74. The first-order valence-corrected chi connectivity index (χ1v) is 8.31. The third-order valence-corrected chi connectivity index (χ3v) is 4.73. The summed E-state index contributed by atoms with van der Waals surface area (Å²) in [5.74, 6) is 1.04. The predicted molar refractivity (Wildman–Crippen MR) is 74.3 cm³/mol. The molecule has 0 amide bonds. The van der Waals surface area contributed by atoms with E-state index in [1.807, 2.05) is 6.92 Å². The number of nitrogens with one attached hydrogen (secondary N) is 2. The molecule has 1 saturated heterocycles. The zero-order chi connectivity index (χ0) is 13.9. The van der Waals surface area contributed by atoms with Gasteiger partial charge in [0.25, 0.3) is 0 Å². The van der Waals surface area contributed by atoms with Crippen LogP contribution in [0.4, 0.5) is 11.9 Å². The van der Waals surface area contributed by atoms with Crippen LogP contribution in [0.15, 0.2) is 0 Å².